The minimum atomic E-state index is 0.00598. The number of halogens is 1. The second kappa shape index (κ2) is 8.85. The van der Waals surface area contributed by atoms with E-state index in [1.54, 1.807) is 23.9 Å². The zero-order valence-corrected chi connectivity index (χ0v) is 14.8. The largest absolute Gasteiger partial charge is 0.493 e. The van der Waals surface area contributed by atoms with Crippen LogP contribution in [0.4, 0.5) is 5.69 Å². The Kier molecular flexibility index (Phi) is 6.81. The number of thioether (sulfide) groups is 1. The summed E-state index contributed by atoms with van der Waals surface area (Å²) in [5, 5.41) is 3.60. The monoisotopic (exact) mass is 349 g/mol. The maximum atomic E-state index is 12.0. The van der Waals surface area contributed by atoms with Gasteiger partial charge in [-0.25, -0.2) is 0 Å². The number of rotatable bonds is 7. The summed E-state index contributed by atoms with van der Waals surface area (Å²) >= 11 is 7.43. The summed E-state index contributed by atoms with van der Waals surface area (Å²) in [5.74, 6) is 1.91. The highest BCUT2D eigenvalue weighted by atomic mass is 35.5. The van der Waals surface area contributed by atoms with Gasteiger partial charge in [-0.3, -0.25) is 4.79 Å². The third-order valence-electron chi connectivity index (χ3n) is 3.40. The van der Waals surface area contributed by atoms with E-state index < -0.39 is 0 Å². The molecule has 5 heteroatoms. The molecule has 0 aliphatic carbocycles. The quantitative estimate of drug-likeness (QED) is 0.736. The van der Waals surface area contributed by atoms with Gasteiger partial charge in [-0.05, 0) is 49.2 Å². The topological polar surface area (TPSA) is 38.3 Å². The van der Waals surface area contributed by atoms with Crippen molar-refractivity contribution >= 4 is 35.0 Å². The Bertz CT molecular complexity index is 676. The predicted molar refractivity (Wildman–Crippen MR) is 98.8 cm³/mol. The number of amides is 1. The second-order valence-electron chi connectivity index (χ2n) is 5.15. The molecule has 0 fully saturated rings. The predicted octanol–water partition coefficient (Wildman–Crippen LogP) is 4.71. The number of carbonyl (C=O) groups is 1. The van der Waals surface area contributed by atoms with Crippen LogP contribution in [0.3, 0.4) is 0 Å². The van der Waals surface area contributed by atoms with Gasteiger partial charge in [0.1, 0.15) is 5.75 Å². The van der Waals surface area contributed by atoms with Gasteiger partial charge in [0.15, 0.2) is 0 Å². The number of nitrogens with one attached hydrogen (secondary N) is 1. The minimum absolute atomic E-state index is 0.00598. The number of benzene rings is 2. The van der Waals surface area contributed by atoms with Gasteiger partial charge in [-0.2, -0.15) is 0 Å². The number of carbonyl (C=O) groups excluding carboxylic acids is 1. The van der Waals surface area contributed by atoms with Gasteiger partial charge in [-0.15, -0.1) is 11.8 Å². The number of ether oxygens (including phenoxy) is 1. The van der Waals surface area contributed by atoms with Crippen molar-refractivity contribution in [2.24, 2.45) is 0 Å². The molecule has 0 aliphatic rings. The number of hydrogen-bond donors (Lipinski definition) is 1. The Labute approximate surface area is 146 Å². The molecule has 0 saturated carbocycles. The van der Waals surface area contributed by atoms with E-state index in [1.807, 2.05) is 44.2 Å². The van der Waals surface area contributed by atoms with E-state index in [9.17, 15) is 4.79 Å². The summed E-state index contributed by atoms with van der Waals surface area (Å²) in [7, 11) is 0. The molecule has 0 heterocycles. The fraction of sp³-hybridized carbons (Fsp3) is 0.278. The van der Waals surface area contributed by atoms with Crippen LogP contribution in [-0.2, 0) is 4.79 Å². The molecule has 0 aliphatic heterocycles. The Morgan fingerprint density at radius 3 is 2.78 bits per heavy atom. The molecule has 0 aromatic heterocycles. The summed E-state index contributed by atoms with van der Waals surface area (Å²) in [6, 6.07) is 13.2. The highest BCUT2D eigenvalue weighted by Gasteiger charge is 2.06. The van der Waals surface area contributed by atoms with Crippen molar-refractivity contribution in [2.45, 2.75) is 13.8 Å². The van der Waals surface area contributed by atoms with Crippen LogP contribution in [0.15, 0.2) is 42.5 Å². The van der Waals surface area contributed by atoms with Crippen molar-refractivity contribution in [3.05, 3.63) is 58.6 Å². The summed E-state index contributed by atoms with van der Waals surface area (Å²) < 4.78 is 5.58. The first-order chi connectivity index (χ1) is 11.1. The van der Waals surface area contributed by atoms with Crippen LogP contribution in [0.2, 0.25) is 5.02 Å². The van der Waals surface area contributed by atoms with Crippen LogP contribution in [0.25, 0.3) is 0 Å². The van der Waals surface area contributed by atoms with Crippen molar-refractivity contribution in [1.82, 2.24) is 0 Å². The van der Waals surface area contributed by atoms with Crippen LogP contribution in [0, 0.1) is 13.8 Å². The molecule has 0 unspecified atom stereocenters. The SMILES string of the molecule is Cc1cccc(NC(=O)CSCCOc2cccc(Cl)c2)c1C. The van der Waals surface area contributed by atoms with E-state index in [-0.39, 0.29) is 5.91 Å². The lowest BCUT2D eigenvalue weighted by Crippen LogP contribution is -2.16. The molecule has 122 valence electrons. The van der Waals surface area contributed by atoms with Crippen LogP contribution < -0.4 is 10.1 Å². The molecule has 1 amide bonds. The van der Waals surface area contributed by atoms with Crippen LogP contribution in [0.5, 0.6) is 5.75 Å². The van der Waals surface area contributed by atoms with E-state index in [0.717, 1.165) is 22.8 Å². The molecular weight excluding hydrogens is 330 g/mol. The molecule has 0 bridgehead atoms. The van der Waals surface area contributed by atoms with Crippen molar-refractivity contribution in [1.29, 1.82) is 0 Å². The van der Waals surface area contributed by atoms with E-state index in [1.165, 1.54) is 5.56 Å². The maximum absolute atomic E-state index is 12.0. The summed E-state index contributed by atoms with van der Waals surface area (Å²) in [4.78, 5) is 12.0. The van der Waals surface area contributed by atoms with Gasteiger partial charge in [-0.1, -0.05) is 29.8 Å². The van der Waals surface area contributed by atoms with Crippen LogP contribution >= 0.6 is 23.4 Å². The smallest absolute Gasteiger partial charge is 0.234 e. The Morgan fingerprint density at radius 1 is 1.22 bits per heavy atom. The number of hydrogen-bond acceptors (Lipinski definition) is 3. The van der Waals surface area contributed by atoms with Gasteiger partial charge in [0.05, 0.1) is 12.4 Å². The molecular formula is C18H20ClNO2S. The zero-order valence-electron chi connectivity index (χ0n) is 13.3. The molecule has 0 atom stereocenters. The lowest BCUT2D eigenvalue weighted by atomic mass is 10.1. The standard InChI is InChI=1S/C18H20ClNO2S/c1-13-5-3-8-17(14(13)2)20-18(21)12-23-10-9-22-16-7-4-6-15(19)11-16/h3-8,11H,9-10,12H2,1-2H3,(H,20,21). The number of anilines is 1. The summed E-state index contributed by atoms with van der Waals surface area (Å²) in [6.45, 7) is 4.59. The molecule has 2 aromatic rings. The van der Waals surface area contributed by atoms with Gasteiger partial charge in [0, 0.05) is 16.5 Å². The second-order valence-corrected chi connectivity index (χ2v) is 6.70. The Hall–Kier alpha value is -1.65. The third-order valence-corrected chi connectivity index (χ3v) is 4.56. The average molecular weight is 350 g/mol. The Balaban J connectivity index is 1.68. The van der Waals surface area contributed by atoms with Crippen LogP contribution in [-0.4, -0.2) is 24.0 Å². The molecule has 23 heavy (non-hydrogen) atoms. The first kappa shape index (κ1) is 17.7. The summed E-state index contributed by atoms with van der Waals surface area (Å²) in [5.41, 5.74) is 3.16. The highest BCUT2D eigenvalue weighted by Crippen LogP contribution is 2.19. The number of aryl methyl sites for hydroxylation is 1. The molecule has 2 rings (SSSR count). The normalized spacial score (nSPS) is 10.4. The van der Waals surface area contributed by atoms with Gasteiger partial charge in [0.2, 0.25) is 5.91 Å². The average Bonchev–Trinajstić information content (AvgIpc) is 2.51. The van der Waals surface area contributed by atoms with E-state index in [4.69, 9.17) is 16.3 Å². The first-order valence-electron chi connectivity index (χ1n) is 7.38. The fourth-order valence-corrected chi connectivity index (χ4v) is 2.80. The fourth-order valence-electron chi connectivity index (χ4n) is 2.01. The van der Waals surface area contributed by atoms with Crippen molar-refractivity contribution in [2.75, 3.05) is 23.4 Å². The minimum Gasteiger partial charge on any atom is -0.493 e. The van der Waals surface area contributed by atoms with E-state index in [2.05, 4.69) is 5.32 Å². The van der Waals surface area contributed by atoms with Crippen molar-refractivity contribution in [3.8, 4) is 5.75 Å². The molecule has 0 saturated heterocycles. The van der Waals surface area contributed by atoms with E-state index >= 15 is 0 Å². The van der Waals surface area contributed by atoms with Gasteiger partial charge < -0.3 is 10.1 Å². The highest BCUT2D eigenvalue weighted by molar-refractivity contribution is 7.99. The molecule has 2 aromatic carbocycles. The third kappa shape index (κ3) is 5.81. The molecule has 1 N–H and O–H groups in total. The van der Waals surface area contributed by atoms with Crippen LogP contribution in [0.1, 0.15) is 11.1 Å². The Morgan fingerprint density at radius 2 is 2.00 bits per heavy atom. The van der Waals surface area contributed by atoms with E-state index in [0.29, 0.717) is 17.4 Å². The van der Waals surface area contributed by atoms with Crippen molar-refractivity contribution < 1.29 is 9.53 Å². The summed E-state index contributed by atoms with van der Waals surface area (Å²) in [6.07, 6.45) is 0. The molecule has 3 nitrogen and oxygen atoms in total. The van der Waals surface area contributed by atoms with Gasteiger partial charge >= 0.3 is 0 Å². The zero-order chi connectivity index (χ0) is 16.7. The lowest BCUT2D eigenvalue weighted by Gasteiger charge is -2.10. The molecule has 0 spiro atoms. The van der Waals surface area contributed by atoms with Crippen molar-refractivity contribution in [3.63, 3.8) is 0 Å². The maximum Gasteiger partial charge on any atom is 0.234 e. The van der Waals surface area contributed by atoms with Gasteiger partial charge in [0.25, 0.3) is 0 Å². The lowest BCUT2D eigenvalue weighted by molar-refractivity contribution is -0.113. The first-order valence-corrected chi connectivity index (χ1v) is 8.91. The molecule has 0 radical (unpaired) electrons.